The van der Waals surface area contributed by atoms with Gasteiger partial charge in [0.05, 0.1) is 12.4 Å². The lowest BCUT2D eigenvalue weighted by Crippen LogP contribution is -2.32. The first-order valence-electron chi connectivity index (χ1n) is 7.99. The summed E-state index contributed by atoms with van der Waals surface area (Å²) in [6, 6.07) is 14.4. The third-order valence-corrected chi connectivity index (χ3v) is 4.74. The predicted molar refractivity (Wildman–Crippen MR) is 97.9 cm³/mol. The van der Waals surface area contributed by atoms with E-state index in [-0.39, 0.29) is 29.2 Å². The monoisotopic (exact) mass is 381 g/mol. The summed E-state index contributed by atoms with van der Waals surface area (Å²) in [6.07, 6.45) is 0. The Balaban J connectivity index is 2.03. The SMILES string of the molecule is COc1ccc(CN(C)C(=O)C(C)Sc2ccccc2)cc1OC(F)F. The molecule has 0 bridgehead atoms. The molecule has 0 fully saturated rings. The number of halogens is 2. The van der Waals surface area contributed by atoms with Crippen molar-refractivity contribution in [1.29, 1.82) is 0 Å². The van der Waals surface area contributed by atoms with Crippen LogP contribution in [0.15, 0.2) is 53.4 Å². The number of rotatable bonds is 8. The Morgan fingerprint density at radius 2 is 1.85 bits per heavy atom. The van der Waals surface area contributed by atoms with Crippen LogP contribution in [0.3, 0.4) is 0 Å². The van der Waals surface area contributed by atoms with Gasteiger partial charge in [-0.1, -0.05) is 24.3 Å². The van der Waals surface area contributed by atoms with Crippen LogP contribution in [0, 0.1) is 0 Å². The van der Waals surface area contributed by atoms with Crippen LogP contribution in [0.25, 0.3) is 0 Å². The van der Waals surface area contributed by atoms with E-state index < -0.39 is 6.61 Å². The van der Waals surface area contributed by atoms with E-state index in [9.17, 15) is 13.6 Å². The summed E-state index contributed by atoms with van der Waals surface area (Å²) >= 11 is 1.47. The van der Waals surface area contributed by atoms with E-state index in [1.807, 2.05) is 37.3 Å². The summed E-state index contributed by atoms with van der Waals surface area (Å²) in [7, 11) is 3.06. The largest absolute Gasteiger partial charge is 0.493 e. The molecule has 0 aliphatic carbocycles. The van der Waals surface area contributed by atoms with Gasteiger partial charge < -0.3 is 14.4 Å². The third kappa shape index (κ3) is 5.62. The number of ether oxygens (including phenoxy) is 2. The molecule has 1 unspecified atom stereocenters. The molecule has 0 aromatic heterocycles. The number of carbonyl (C=O) groups is 1. The molecule has 0 radical (unpaired) electrons. The van der Waals surface area contributed by atoms with Crippen molar-refractivity contribution >= 4 is 17.7 Å². The fourth-order valence-corrected chi connectivity index (χ4v) is 3.43. The molecule has 1 atom stereocenters. The maximum absolute atomic E-state index is 12.6. The van der Waals surface area contributed by atoms with Crippen molar-refractivity contribution < 1.29 is 23.0 Å². The minimum atomic E-state index is -2.94. The Hall–Kier alpha value is -2.28. The van der Waals surface area contributed by atoms with Gasteiger partial charge in [0.25, 0.3) is 0 Å². The normalized spacial score (nSPS) is 11.9. The fraction of sp³-hybridized carbons (Fsp3) is 0.316. The van der Waals surface area contributed by atoms with Gasteiger partial charge >= 0.3 is 6.61 Å². The molecule has 0 aliphatic heterocycles. The lowest BCUT2D eigenvalue weighted by molar-refractivity contribution is -0.129. The number of alkyl halides is 2. The van der Waals surface area contributed by atoms with E-state index in [1.165, 1.54) is 24.9 Å². The summed E-state index contributed by atoms with van der Waals surface area (Å²) in [5, 5.41) is -0.266. The summed E-state index contributed by atoms with van der Waals surface area (Å²) in [4.78, 5) is 15.1. The zero-order chi connectivity index (χ0) is 19.1. The maximum Gasteiger partial charge on any atom is 0.387 e. The molecular weight excluding hydrogens is 360 g/mol. The molecule has 4 nitrogen and oxygen atoms in total. The Morgan fingerprint density at radius 3 is 2.46 bits per heavy atom. The van der Waals surface area contributed by atoms with Crippen LogP contribution in [-0.2, 0) is 11.3 Å². The first kappa shape index (κ1) is 20.0. The van der Waals surface area contributed by atoms with Crippen LogP contribution in [0.1, 0.15) is 12.5 Å². The molecular formula is C19H21F2NO3S. The molecule has 0 saturated heterocycles. The Morgan fingerprint density at radius 1 is 1.15 bits per heavy atom. The topological polar surface area (TPSA) is 38.8 Å². The number of methoxy groups -OCH3 is 1. The van der Waals surface area contributed by atoms with E-state index in [4.69, 9.17) is 4.74 Å². The fourth-order valence-electron chi connectivity index (χ4n) is 2.42. The minimum absolute atomic E-state index is 0.0486. The van der Waals surface area contributed by atoms with Crippen molar-refractivity contribution in [2.75, 3.05) is 14.2 Å². The number of thioether (sulfide) groups is 1. The van der Waals surface area contributed by atoms with Crippen LogP contribution in [0.5, 0.6) is 11.5 Å². The molecule has 1 amide bonds. The number of amides is 1. The van der Waals surface area contributed by atoms with Crippen molar-refractivity contribution in [3.05, 3.63) is 54.1 Å². The highest BCUT2D eigenvalue weighted by Crippen LogP contribution is 2.30. The summed E-state index contributed by atoms with van der Waals surface area (Å²) in [5.74, 6) is 0.120. The average Bonchev–Trinajstić information content (AvgIpc) is 2.61. The Bertz CT molecular complexity index is 728. The number of benzene rings is 2. The summed E-state index contributed by atoms with van der Waals surface area (Å²) in [6.45, 7) is -0.821. The van der Waals surface area contributed by atoms with Crippen molar-refractivity contribution in [3.8, 4) is 11.5 Å². The second kappa shape index (κ2) is 9.43. The van der Waals surface area contributed by atoms with Gasteiger partial charge in [-0.05, 0) is 36.8 Å². The number of hydrogen-bond donors (Lipinski definition) is 0. The third-order valence-electron chi connectivity index (χ3n) is 3.64. The molecule has 2 aromatic carbocycles. The molecule has 2 rings (SSSR count). The first-order valence-corrected chi connectivity index (χ1v) is 8.87. The molecule has 0 aliphatic rings. The van der Waals surface area contributed by atoms with E-state index >= 15 is 0 Å². The maximum atomic E-state index is 12.6. The van der Waals surface area contributed by atoms with Gasteiger partial charge in [-0.2, -0.15) is 8.78 Å². The molecule has 0 spiro atoms. The van der Waals surface area contributed by atoms with E-state index in [2.05, 4.69) is 4.74 Å². The average molecular weight is 381 g/mol. The highest BCUT2D eigenvalue weighted by Gasteiger charge is 2.19. The molecule has 0 N–H and O–H groups in total. The standard InChI is InChI=1S/C19H21F2NO3S/c1-13(26-15-7-5-4-6-8-15)18(23)22(2)12-14-9-10-16(24-3)17(11-14)25-19(20)21/h4-11,13,19H,12H2,1-3H3. The Labute approximate surface area is 156 Å². The van der Waals surface area contributed by atoms with Gasteiger partial charge in [-0.15, -0.1) is 11.8 Å². The highest BCUT2D eigenvalue weighted by molar-refractivity contribution is 8.00. The van der Waals surface area contributed by atoms with Crippen molar-refractivity contribution in [2.24, 2.45) is 0 Å². The lowest BCUT2D eigenvalue weighted by atomic mass is 10.2. The highest BCUT2D eigenvalue weighted by atomic mass is 32.2. The molecule has 2 aromatic rings. The molecule has 26 heavy (non-hydrogen) atoms. The van der Waals surface area contributed by atoms with E-state index in [1.54, 1.807) is 24.1 Å². The second-order valence-electron chi connectivity index (χ2n) is 5.63. The van der Waals surface area contributed by atoms with Gasteiger partial charge in [-0.3, -0.25) is 4.79 Å². The quantitative estimate of drug-likeness (QED) is 0.634. The first-order chi connectivity index (χ1) is 12.4. The van der Waals surface area contributed by atoms with Gasteiger partial charge in [0, 0.05) is 18.5 Å². The van der Waals surface area contributed by atoms with Crippen molar-refractivity contribution in [3.63, 3.8) is 0 Å². The summed E-state index contributed by atoms with van der Waals surface area (Å²) in [5.41, 5.74) is 0.675. The Kier molecular flexibility index (Phi) is 7.26. The predicted octanol–water partition coefficient (Wildman–Crippen LogP) is 4.44. The molecule has 0 saturated carbocycles. The number of nitrogens with zero attached hydrogens (tertiary/aromatic N) is 1. The van der Waals surface area contributed by atoms with E-state index in [0.29, 0.717) is 5.56 Å². The number of carbonyl (C=O) groups excluding carboxylic acids is 1. The van der Waals surface area contributed by atoms with Gasteiger partial charge in [-0.25, -0.2) is 0 Å². The smallest absolute Gasteiger partial charge is 0.387 e. The minimum Gasteiger partial charge on any atom is -0.493 e. The van der Waals surface area contributed by atoms with Crippen LogP contribution in [0.2, 0.25) is 0 Å². The zero-order valence-electron chi connectivity index (χ0n) is 14.8. The molecule has 140 valence electrons. The second-order valence-corrected chi connectivity index (χ2v) is 7.05. The molecule has 7 heteroatoms. The van der Waals surface area contributed by atoms with Crippen LogP contribution < -0.4 is 9.47 Å². The van der Waals surface area contributed by atoms with Crippen molar-refractivity contribution in [2.45, 2.75) is 30.2 Å². The van der Waals surface area contributed by atoms with Crippen molar-refractivity contribution in [1.82, 2.24) is 4.90 Å². The van der Waals surface area contributed by atoms with Gasteiger partial charge in [0.15, 0.2) is 11.5 Å². The summed E-state index contributed by atoms with van der Waals surface area (Å²) < 4.78 is 34.5. The van der Waals surface area contributed by atoms with Gasteiger partial charge in [0.1, 0.15) is 0 Å². The van der Waals surface area contributed by atoms with E-state index in [0.717, 1.165) is 4.90 Å². The van der Waals surface area contributed by atoms with Gasteiger partial charge in [0.2, 0.25) is 5.91 Å². The van der Waals surface area contributed by atoms with Crippen LogP contribution in [0.4, 0.5) is 8.78 Å². The zero-order valence-corrected chi connectivity index (χ0v) is 15.6. The lowest BCUT2D eigenvalue weighted by Gasteiger charge is -2.22. The van der Waals surface area contributed by atoms with Crippen LogP contribution in [-0.4, -0.2) is 36.8 Å². The molecule has 0 heterocycles. The number of hydrogen-bond acceptors (Lipinski definition) is 4. The van der Waals surface area contributed by atoms with Crippen LogP contribution >= 0.6 is 11.8 Å².